The Balaban J connectivity index is 1.42. The zero-order valence-corrected chi connectivity index (χ0v) is 24.8. The number of imidazole rings is 1. The van der Waals surface area contributed by atoms with Crippen LogP contribution < -0.4 is 16.4 Å². The van der Waals surface area contributed by atoms with Crippen LogP contribution in [0, 0.1) is 23.7 Å². The van der Waals surface area contributed by atoms with Crippen LogP contribution >= 0.6 is 11.6 Å². The Morgan fingerprint density at radius 2 is 1.78 bits per heavy atom. The molecule has 224 valence electrons. The van der Waals surface area contributed by atoms with Crippen molar-refractivity contribution in [3.8, 4) is 11.3 Å². The molecule has 0 radical (unpaired) electrons. The van der Waals surface area contributed by atoms with Crippen molar-refractivity contribution >= 4 is 39.2 Å². The number of hydrogen-bond donors (Lipinski definition) is 5. The van der Waals surface area contributed by atoms with E-state index in [1.807, 2.05) is 0 Å². The van der Waals surface area contributed by atoms with Gasteiger partial charge in [-0.15, -0.1) is 0 Å². The summed E-state index contributed by atoms with van der Waals surface area (Å²) in [5, 5.41) is 15.1. The summed E-state index contributed by atoms with van der Waals surface area (Å²) in [5.74, 6) is 1.44. The van der Waals surface area contributed by atoms with Crippen molar-refractivity contribution in [2.45, 2.75) is 50.5 Å². The molecule has 3 fully saturated rings. The third-order valence-electron chi connectivity index (χ3n) is 9.33. The van der Waals surface area contributed by atoms with Gasteiger partial charge in [0.25, 0.3) is 0 Å². The molecular weight excluding hydrogens is 568 g/mol. The van der Waals surface area contributed by atoms with Gasteiger partial charge in [-0.05, 0) is 87.9 Å². The van der Waals surface area contributed by atoms with Gasteiger partial charge in [-0.3, -0.25) is 15.4 Å². The third kappa shape index (κ3) is 6.31. The van der Waals surface area contributed by atoms with Gasteiger partial charge >= 0.3 is 6.09 Å². The number of nitrogens with two attached hydrogens (primary N) is 1. The number of sulfonamides is 1. The Hall–Kier alpha value is -2.51. The van der Waals surface area contributed by atoms with Crippen LogP contribution in [-0.4, -0.2) is 72.1 Å². The monoisotopic (exact) mass is 606 g/mol. The summed E-state index contributed by atoms with van der Waals surface area (Å²) in [5.41, 5.74) is 6.60. The number of nitrogens with one attached hydrogen (secondary N) is 3. The molecule has 6 N–H and O–H groups in total. The number of rotatable bonds is 8. The number of benzene rings is 1. The molecule has 2 atom stereocenters. The van der Waals surface area contributed by atoms with E-state index >= 15 is 0 Å². The zero-order valence-electron chi connectivity index (χ0n) is 23.2. The van der Waals surface area contributed by atoms with Crippen LogP contribution in [0.25, 0.3) is 11.3 Å². The minimum Gasteiger partial charge on any atom is -0.465 e. The Morgan fingerprint density at radius 3 is 2.37 bits per heavy atom. The molecule has 1 amide bonds. The molecule has 13 heteroatoms. The standard InChI is InChI=1S/C28H39ClN6O5S/c1-41(39,40)35-12-10-18(11-13-35)21-14-28(31-16-21,24(36)20-4-2-17(15-30)3-5-20)26-33-23(25(29)34-26)19-6-8-22(9-7-19)32-27(37)38/h6-9,17-18,20-21,31-32H,2-5,10-16,30H2,1H3,(H,33,34)(H,37,38)/t17?,20?,21-,28+/m0/s1. The molecule has 2 aromatic rings. The highest BCUT2D eigenvalue weighted by Gasteiger charge is 2.52. The second-order valence-corrected chi connectivity index (χ2v) is 14.2. The Morgan fingerprint density at radius 1 is 1.12 bits per heavy atom. The number of hydrogen-bond acceptors (Lipinski definition) is 7. The molecule has 1 aliphatic carbocycles. The maximum Gasteiger partial charge on any atom is 0.409 e. The van der Waals surface area contributed by atoms with Gasteiger partial charge in [0.1, 0.15) is 11.4 Å². The van der Waals surface area contributed by atoms with Gasteiger partial charge in [0.15, 0.2) is 10.9 Å². The fourth-order valence-electron chi connectivity index (χ4n) is 6.94. The molecule has 0 bridgehead atoms. The summed E-state index contributed by atoms with van der Waals surface area (Å²) < 4.78 is 25.6. The van der Waals surface area contributed by atoms with Crippen LogP contribution in [0.4, 0.5) is 10.5 Å². The summed E-state index contributed by atoms with van der Waals surface area (Å²) in [6, 6.07) is 6.78. The molecule has 1 aromatic carbocycles. The number of carbonyl (C=O) groups is 2. The minimum absolute atomic E-state index is 0.107. The molecule has 0 unspecified atom stereocenters. The number of Topliss-reactive ketones (excluding diaryl/α,β-unsaturated/α-hetero) is 1. The lowest BCUT2D eigenvalue weighted by Crippen LogP contribution is -2.49. The molecule has 11 nitrogen and oxygen atoms in total. The fourth-order valence-corrected chi connectivity index (χ4v) is 8.05. The summed E-state index contributed by atoms with van der Waals surface area (Å²) in [4.78, 5) is 33.4. The number of anilines is 1. The van der Waals surface area contributed by atoms with Gasteiger partial charge in [0, 0.05) is 30.3 Å². The van der Waals surface area contributed by atoms with Crippen LogP contribution in [0.15, 0.2) is 24.3 Å². The van der Waals surface area contributed by atoms with E-state index in [1.54, 1.807) is 24.3 Å². The first kappa shape index (κ1) is 30.0. The van der Waals surface area contributed by atoms with Gasteiger partial charge in [0.2, 0.25) is 10.0 Å². The average molecular weight is 607 g/mol. The smallest absolute Gasteiger partial charge is 0.409 e. The van der Waals surface area contributed by atoms with E-state index in [0.29, 0.717) is 61.6 Å². The number of halogens is 1. The van der Waals surface area contributed by atoms with E-state index in [0.717, 1.165) is 44.1 Å². The number of amides is 1. The van der Waals surface area contributed by atoms with Gasteiger partial charge in [-0.25, -0.2) is 22.5 Å². The predicted molar refractivity (Wildman–Crippen MR) is 157 cm³/mol. The second kappa shape index (κ2) is 12.0. The quantitative estimate of drug-likeness (QED) is 0.303. The molecule has 5 rings (SSSR count). The number of aromatic nitrogens is 2. The molecule has 1 saturated carbocycles. The van der Waals surface area contributed by atoms with Crippen LogP contribution in [0.3, 0.4) is 0 Å². The number of ketones is 1. The summed E-state index contributed by atoms with van der Waals surface area (Å²) in [7, 11) is -3.22. The van der Waals surface area contributed by atoms with Crippen LogP contribution in [0.1, 0.15) is 50.8 Å². The van der Waals surface area contributed by atoms with Crippen molar-refractivity contribution in [3.05, 3.63) is 35.2 Å². The van der Waals surface area contributed by atoms with Gasteiger partial charge in [-0.2, -0.15) is 0 Å². The lowest BCUT2D eigenvalue weighted by atomic mass is 9.72. The SMILES string of the molecule is CS(=O)(=O)N1CCC([C@@H]2CN[C@](C(=O)C3CCC(CN)CC3)(c3nc(Cl)c(-c4ccc(NC(=O)O)cc4)[nH]3)C2)CC1. The highest BCUT2D eigenvalue weighted by atomic mass is 35.5. The molecule has 3 heterocycles. The highest BCUT2D eigenvalue weighted by Crippen LogP contribution is 2.45. The first-order chi connectivity index (χ1) is 19.5. The predicted octanol–water partition coefficient (Wildman–Crippen LogP) is 3.63. The number of H-pyrrole nitrogens is 1. The van der Waals surface area contributed by atoms with Gasteiger partial charge in [-0.1, -0.05) is 23.7 Å². The topological polar surface area (TPSA) is 171 Å². The normalized spacial score (nSPS) is 28.0. The lowest BCUT2D eigenvalue weighted by Gasteiger charge is -2.35. The largest absolute Gasteiger partial charge is 0.465 e. The summed E-state index contributed by atoms with van der Waals surface area (Å²) >= 11 is 6.65. The average Bonchev–Trinajstić information content (AvgIpc) is 3.58. The lowest BCUT2D eigenvalue weighted by molar-refractivity contribution is -0.131. The van der Waals surface area contributed by atoms with E-state index in [9.17, 15) is 18.0 Å². The van der Waals surface area contributed by atoms with E-state index in [1.165, 1.54) is 10.6 Å². The zero-order chi connectivity index (χ0) is 29.4. The van der Waals surface area contributed by atoms with Gasteiger partial charge < -0.3 is 15.8 Å². The molecular formula is C28H39ClN6O5S. The fraction of sp³-hybridized carbons (Fsp3) is 0.607. The van der Waals surface area contributed by atoms with E-state index < -0.39 is 21.7 Å². The molecule has 0 spiro atoms. The molecule has 3 aliphatic rings. The maximum atomic E-state index is 14.4. The van der Waals surface area contributed by atoms with Crippen LogP contribution in [-0.2, 0) is 20.4 Å². The van der Waals surface area contributed by atoms with E-state index in [4.69, 9.17) is 27.4 Å². The van der Waals surface area contributed by atoms with Crippen molar-refractivity contribution in [2.24, 2.45) is 29.4 Å². The van der Waals surface area contributed by atoms with Crippen molar-refractivity contribution in [1.29, 1.82) is 0 Å². The highest BCUT2D eigenvalue weighted by molar-refractivity contribution is 7.88. The number of piperidine rings is 1. The number of nitrogens with zero attached hydrogens (tertiary/aromatic N) is 2. The second-order valence-electron chi connectivity index (χ2n) is 11.8. The van der Waals surface area contributed by atoms with Crippen molar-refractivity contribution in [3.63, 3.8) is 0 Å². The summed E-state index contributed by atoms with van der Waals surface area (Å²) in [6.07, 6.45) is 5.62. The molecule has 2 aliphatic heterocycles. The van der Waals surface area contributed by atoms with Crippen LogP contribution in [0.2, 0.25) is 5.15 Å². The number of aromatic amines is 1. The first-order valence-corrected chi connectivity index (χ1v) is 16.5. The van der Waals surface area contributed by atoms with Crippen LogP contribution in [0.5, 0.6) is 0 Å². The Bertz CT molecular complexity index is 1370. The number of carboxylic acid groups (broad SMARTS) is 1. The Kier molecular flexibility index (Phi) is 8.77. The molecule has 1 aromatic heterocycles. The molecule has 2 saturated heterocycles. The van der Waals surface area contributed by atoms with Gasteiger partial charge in [0.05, 0.1) is 11.9 Å². The van der Waals surface area contributed by atoms with Crippen molar-refractivity contribution in [1.82, 2.24) is 19.6 Å². The third-order valence-corrected chi connectivity index (χ3v) is 10.9. The minimum atomic E-state index is -3.22. The van der Waals surface area contributed by atoms with Crippen molar-refractivity contribution in [2.75, 3.05) is 37.8 Å². The maximum absolute atomic E-state index is 14.4. The summed E-state index contributed by atoms with van der Waals surface area (Å²) in [6.45, 7) is 2.26. The van der Waals surface area contributed by atoms with E-state index in [-0.39, 0.29) is 22.8 Å². The number of carbonyl (C=O) groups excluding carboxylic acids is 1. The molecule has 41 heavy (non-hydrogen) atoms. The van der Waals surface area contributed by atoms with E-state index in [2.05, 4.69) is 15.6 Å². The first-order valence-electron chi connectivity index (χ1n) is 14.3. The van der Waals surface area contributed by atoms with Crippen molar-refractivity contribution < 1.29 is 23.1 Å². The Labute approximate surface area is 245 Å².